The van der Waals surface area contributed by atoms with Crippen LogP contribution in [0.1, 0.15) is 30.6 Å². The number of hydrogen-bond donors (Lipinski definition) is 2. The Hall–Kier alpha value is -3.08. The van der Waals surface area contributed by atoms with Crippen LogP contribution in [0.2, 0.25) is 0 Å². The van der Waals surface area contributed by atoms with E-state index < -0.39 is 22.5 Å². The summed E-state index contributed by atoms with van der Waals surface area (Å²) in [5, 5.41) is 9.41. The van der Waals surface area contributed by atoms with Crippen LogP contribution in [0.25, 0.3) is 0 Å². The zero-order chi connectivity index (χ0) is 23.1. The van der Waals surface area contributed by atoms with Gasteiger partial charge in [-0.2, -0.15) is 0 Å². The van der Waals surface area contributed by atoms with E-state index in [1.54, 1.807) is 55.5 Å². The smallest absolute Gasteiger partial charge is 0.307 e. The van der Waals surface area contributed by atoms with Gasteiger partial charge in [-0.1, -0.05) is 31.2 Å². The highest BCUT2D eigenvalue weighted by Gasteiger charge is 2.37. The van der Waals surface area contributed by atoms with Gasteiger partial charge < -0.3 is 19.3 Å². The number of thioether (sulfide) groups is 1. The Bertz CT molecular complexity index is 967. The third-order valence-corrected chi connectivity index (χ3v) is 5.77. The summed E-state index contributed by atoms with van der Waals surface area (Å²) in [6.45, 7) is 1.56. The van der Waals surface area contributed by atoms with Crippen LogP contribution in [-0.2, 0) is 25.5 Å². The van der Waals surface area contributed by atoms with Gasteiger partial charge in [0, 0.05) is 6.42 Å². The molecule has 32 heavy (non-hydrogen) atoms. The van der Waals surface area contributed by atoms with E-state index in [9.17, 15) is 19.5 Å². The lowest BCUT2D eigenvalue weighted by molar-refractivity contribution is -0.162. The number of nitrogens with two attached hydrogens (primary N) is 1. The average Bonchev–Trinajstić information content (AvgIpc) is 3.03. The zero-order valence-corrected chi connectivity index (χ0v) is 18.2. The largest absolute Gasteiger partial charge is 0.508 e. The number of imide groups is 1. The van der Waals surface area contributed by atoms with Crippen LogP contribution < -0.4 is 10.6 Å². The summed E-state index contributed by atoms with van der Waals surface area (Å²) in [6.07, 6.45) is 0.0347. The molecule has 1 heterocycles. The van der Waals surface area contributed by atoms with Crippen molar-refractivity contribution in [3.63, 3.8) is 0 Å². The molecule has 0 spiro atoms. The minimum Gasteiger partial charge on any atom is -0.508 e. The Morgan fingerprint density at radius 3 is 2.59 bits per heavy atom. The lowest BCUT2D eigenvalue weighted by Crippen LogP contribution is -2.37. The van der Waals surface area contributed by atoms with E-state index in [1.165, 1.54) is 0 Å². The number of benzene rings is 2. The molecule has 3 rings (SSSR count). The number of aromatic hydroxyl groups is 1. The standard InChI is InChI=1S/C22H24N2O7S/c1-2-20(26)31-13-30-18(15-4-3-5-16(25)11-15)12-29-17-8-6-14(7-9-17)10-19-21(27)24(23)22(28)32-19/h3-9,11,18-19,25H,2,10,12-13,23H2,1H3. The fourth-order valence-corrected chi connectivity index (χ4v) is 3.90. The van der Waals surface area contributed by atoms with Crippen LogP contribution >= 0.6 is 11.8 Å². The number of hydrogen-bond acceptors (Lipinski definition) is 9. The molecule has 0 saturated carbocycles. The second kappa shape index (κ2) is 11.0. The average molecular weight is 461 g/mol. The second-order valence-corrected chi connectivity index (χ2v) is 8.13. The Morgan fingerprint density at radius 1 is 1.22 bits per heavy atom. The van der Waals surface area contributed by atoms with Gasteiger partial charge in [-0.3, -0.25) is 14.4 Å². The van der Waals surface area contributed by atoms with Gasteiger partial charge in [-0.25, -0.2) is 10.9 Å². The molecule has 1 aliphatic rings. The van der Waals surface area contributed by atoms with Crippen LogP contribution in [0.5, 0.6) is 11.5 Å². The monoisotopic (exact) mass is 460 g/mol. The maximum absolute atomic E-state index is 11.9. The summed E-state index contributed by atoms with van der Waals surface area (Å²) in [5.41, 5.74) is 1.53. The number of phenols is 1. The van der Waals surface area contributed by atoms with E-state index in [0.29, 0.717) is 22.7 Å². The van der Waals surface area contributed by atoms with Gasteiger partial charge >= 0.3 is 11.2 Å². The SMILES string of the molecule is CCC(=O)OCOC(COc1ccc(CC2SC(=O)N(N)C2=O)cc1)c1cccc(O)c1. The molecule has 2 atom stereocenters. The van der Waals surface area contributed by atoms with Crippen molar-refractivity contribution in [3.8, 4) is 11.5 Å². The topological polar surface area (TPSA) is 128 Å². The quantitative estimate of drug-likeness (QED) is 0.238. The molecule has 0 aromatic heterocycles. The highest BCUT2D eigenvalue weighted by atomic mass is 32.2. The van der Waals surface area contributed by atoms with Crippen molar-refractivity contribution >= 4 is 28.9 Å². The molecule has 0 bridgehead atoms. The summed E-state index contributed by atoms with van der Waals surface area (Å²) >= 11 is 0.913. The molecule has 10 heteroatoms. The summed E-state index contributed by atoms with van der Waals surface area (Å²) in [4.78, 5) is 34.8. The molecule has 170 valence electrons. The Labute approximate surface area is 189 Å². The fraction of sp³-hybridized carbons (Fsp3) is 0.318. The molecule has 1 fully saturated rings. The van der Waals surface area contributed by atoms with E-state index in [1.807, 2.05) is 0 Å². The van der Waals surface area contributed by atoms with Gasteiger partial charge in [-0.15, -0.1) is 0 Å². The number of carbonyl (C=O) groups is 3. The molecular weight excluding hydrogens is 436 g/mol. The van der Waals surface area contributed by atoms with Crippen LogP contribution in [0.15, 0.2) is 48.5 Å². The fourth-order valence-electron chi connectivity index (χ4n) is 2.96. The summed E-state index contributed by atoms with van der Waals surface area (Å²) in [7, 11) is 0. The van der Waals surface area contributed by atoms with Gasteiger partial charge in [0.1, 0.15) is 24.2 Å². The Morgan fingerprint density at radius 2 is 1.97 bits per heavy atom. The molecule has 9 nitrogen and oxygen atoms in total. The summed E-state index contributed by atoms with van der Waals surface area (Å²) < 4.78 is 16.5. The first-order valence-corrected chi connectivity index (χ1v) is 10.8. The number of rotatable bonds is 10. The lowest BCUT2D eigenvalue weighted by Gasteiger charge is -2.19. The van der Waals surface area contributed by atoms with Gasteiger partial charge in [0.05, 0.1) is 5.25 Å². The highest BCUT2D eigenvalue weighted by Crippen LogP contribution is 2.28. The maximum Gasteiger partial charge on any atom is 0.307 e. The number of amides is 2. The van der Waals surface area contributed by atoms with Crippen LogP contribution in [0.4, 0.5) is 4.79 Å². The molecule has 0 aliphatic carbocycles. The molecule has 1 aliphatic heterocycles. The first-order valence-electron chi connectivity index (χ1n) is 9.94. The van der Waals surface area contributed by atoms with E-state index in [2.05, 4.69) is 0 Å². The summed E-state index contributed by atoms with van der Waals surface area (Å²) in [6, 6.07) is 13.7. The number of phenolic OH excluding ortho intramolecular Hbond substituents is 1. The molecule has 2 amide bonds. The van der Waals surface area contributed by atoms with Crippen LogP contribution in [-0.4, -0.2) is 45.9 Å². The molecule has 3 N–H and O–H groups in total. The number of hydrazine groups is 1. The van der Waals surface area contributed by atoms with Crippen molar-refractivity contribution in [2.24, 2.45) is 5.84 Å². The normalized spacial score (nSPS) is 16.8. The van der Waals surface area contributed by atoms with Crippen molar-refractivity contribution in [1.29, 1.82) is 0 Å². The predicted octanol–water partition coefficient (Wildman–Crippen LogP) is 2.92. The van der Waals surface area contributed by atoms with Crippen molar-refractivity contribution < 1.29 is 33.7 Å². The van der Waals surface area contributed by atoms with E-state index >= 15 is 0 Å². The van der Waals surface area contributed by atoms with E-state index in [0.717, 1.165) is 17.3 Å². The van der Waals surface area contributed by atoms with Crippen molar-refractivity contribution in [3.05, 3.63) is 59.7 Å². The Balaban J connectivity index is 1.59. The molecule has 2 aromatic carbocycles. The van der Waals surface area contributed by atoms with Crippen molar-refractivity contribution in [2.45, 2.75) is 31.1 Å². The lowest BCUT2D eigenvalue weighted by atomic mass is 10.1. The second-order valence-electron chi connectivity index (χ2n) is 6.98. The molecule has 2 unspecified atom stereocenters. The van der Waals surface area contributed by atoms with Gasteiger partial charge in [0.2, 0.25) is 0 Å². The van der Waals surface area contributed by atoms with E-state index in [-0.39, 0.29) is 31.5 Å². The van der Waals surface area contributed by atoms with Crippen LogP contribution in [0.3, 0.4) is 0 Å². The minimum absolute atomic E-state index is 0.0832. The molecule has 2 aromatic rings. The zero-order valence-electron chi connectivity index (χ0n) is 17.4. The number of nitrogens with zero attached hydrogens (tertiary/aromatic N) is 1. The van der Waals surface area contributed by atoms with Crippen LogP contribution in [0, 0.1) is 0 Å². The number of esters is 1. The minimum atomic E-state index is -0.583. The molecule has 0 radical (unpaired) electrons. The highest BCUT2D eigenvalue weighted by molar-refractivity contribution is 8.15. The van der Waals surface area contributed by atoms with Gasteiger partial charge in [0.25, 0.3) is 5.91 Å². The number of carbonyl (C=O) groups excluding carboxylic acids is 3. The first kappa shape index (κ1) is 23.6. The molecule has 1 saturated heterocycles. The predicted molar refractivity (Wildman–Crippen MR) is 117 cm³/mol. The third-order valence-electron chi connectivity index (χ3n) is 4.72. The third kappa shape index (κ3) is 6.22. The van der Waals surface area contributed by atoms with E-state index in [4.69, 9.17) is 20.1 Å². The van der Waals surface area contributed by atoms with Gasteiger partial charge in [0.15, 0.2) is 6.79 Å². The first-order chi connectivity index (χ1) is 15.4. The number of ether oxygens (including phenoxy) is 3. The summed E-state index contributed by atoms with van der Waals surface area (Å²) in [5.74, 6) is 5.27. The van der Waals surface area contributed by atoms with Gasteiger partial charge in [-0.05, 0) is 53.6 Å². The molecular formula is C22H24N2O7S. The maximum atomic E-state index is 11.9. The Kier molecular flexibility index (Phi) is 8.09. The van der Waals surface area contributed by atoms with Crippen molar-refractivity contribution in [1.82, 2.24) is 5.01 Å². The van der Waals surface area contributed by atoms with Crippen molar-refractivity contribution in [2.75, 3.05) is 13.4 Å².